The highest BCUT2D eigenvalue weighted by Gasteiger charge is 2.16. The van der Waals surface area contributed by atoms with E-state index in [1.165, 1.54) is 6.20 Å². The maximum Gasteiger partial charge on any atom is 0.263 e. The SMILES string of the molecule is C=CCN/C=C(/C#N)C(=O)NC(C)(C)C. The first-order valence-corrected chi connectivity index (χ1v) is 4.68. The highest BCUT2D eigenvalue weighted by molar-refractivity contribution is 5.97. The summed E-state index contributed by atoms with van der Waals surface area (Å²) in [7, 11) is 0. The van der Waals surface area contributed by atoms with Gasteiger partial charge in [-0.3, -0.25) is 4.79 Å². The van der Waals surface area contributed by atoms with Crippen molar-refractivity contribution in [2.75, 3.05) is 6.54 Å². The van der Waals surface area contributed by atoms with Gasteiger partial charge >= 0.3 is 0 Å². The fraction of sp³-hybridized carbons (Fsp3) is 0.455. The van der Waals surface area contributed by atoms with E-state index < -0.39 is 0 Å². The predicted octanol–water partition coefficient (Wildman–Crippen LogP) is 1.08. The lowest BCUT2D eigenvalue weighted by Gasteiger charge is -2.19. The number of nitriles is 1. The van der Waals surface area contributed by atoms with Crippen molar-refractivity contribution in [2.45, 2.75) is 26.3 Å². The molecule has 0 aromatic heterocycles. The van der Waals surface area contributed by atoms with Gasteiger partial charge in [0.1, 0.15) is 11.6 Å². The van der Waals surface area contributed by atoms with E-state index in [1.54, 1.807) is 6.08 Å². The molecule has 2 N–H and O–H groups in total. The molecule has 0 fully saturated rings. The Morgan fingerprint density at radius 1 is 1.53 bits per heavy atom. The number of hydrogen-bond donors (Lipinski definition) is 2. The molecule has 0 aliphatic heterocycles. The maximum atomic E-state index is 11.5. The summed E-state index contributed by atoms with van der Waals surface area (Å²) in [5.41, 5.74) is -0.280. The first-order valence-electron chi connectivity index (χ1n) is 4.68. The van der Waals surface area contributed by atoms with Gasteiger partial charge in [-0.05, 0) is 20.8 Å². The van der Waals surface area contributed by atoms with Crippen LogP contribution in [0.25, 0.3) is 0 Å². The van der Waals surface area contributed by atoms with E-state index in [9.17, 15) is 4.79 Å². The molecule has 4 heteroatoms. The summed E-state index contributed by atoms with van der Waals surface area (Å²) >= 11 is 0. The van der Waals surface area contributed by atoms with E-state index in [-0.39, 0.29) is 17.0 Å². The number of nitrogens with one attached hydrogen (secondary N) is 2. The van der Waals surface area contributed by atoms with Gasteiger partial charge in [0.25, 0.3) is 5.91 Å². The minimum atomic E-state index is -0.374. The van der Waals surface area contributed by atoms with Crippen LogP contribution in [-0.2, 0) is 4.79 Å². The molecule has 1 amide bonds. The molecule has 15 heavy (non-hydrogen) atoms. The standard InChI is InChI=1S/C11H17N3O/c1-5-6-13-8-9(7-12)10(15)14-11(2,3)4/h5,8,13H,1,6H2,2-4H3,(H,14,15)/b9-8-. The van der Waals surface area contributed by atoms with Crippen LogP contribution in [0, 0.1) is 11.3 Å². The molecule has 0 aromatic carbocycles. The van der Waals surface area contributed by atoms with Crippen LogP contribution < -0.4 is 10.6 Å². The van der Waals surface area contributed by atoms with E-state index in [2.05, 4.69) is 17.2 Å². The molecule has 0 bridgehead atoms. The predicted molar refractivity (Wildman–Crippen MR) is 59.8 cm³/mol. The number of carbonyl (C=O) groups excluding carboxylic acids is 1. The fourth-order valence-corrected chi connectivity index (χ4v) is 0.801. The zero-order chi connectivity index (χ0) is 11.9. The van der Waals surface area contributed by atoms with Crippen molar-refractivity contribution in [3.05, 3.63) is 24.4 Å². The Hall–Kier alpha value is -1.76. The van der Waals surface area contributed by atoms with Crippen molar-refractivity contribution >= 4 is 5.91 Å². The normalized spacial score (nSPS) is 11.5. The molecule has 0 heterocycles. The minimum absolute atomic E-state index is 0.0618. The van der Waals surface area contributed by atoms with Crippen molar-refractivity contribution in [1.29, 1.82) is 5.26 Å². The van der Waals surface area contributed by atoms with Gasteiger partial charge in [0.05, 0.1) is 0 Å². The summed E-state index contributed by atoms with van der Waals surface area (Å²) in [6, 6.07) is 1.84. The summed E-state index contributed by atoms with van der Waals surface area (Å²) in [5.74, 6) is -0.374. The van der Waals surface area contributed by atoms with Crippen molar-refractivity contribution in [2.24, 2.45) is 0 Å². The Bertz CT molecular complexity index is 305. The van der Waals surface area contributed by atoms with Crippen LogP contribution in [-0.4, -0.2) is 18.0 Å². The van der Waals surface area contributed by atoms with Crippen molar-refractivity contribution in [3.63, 3.8) is 0 Å². The van der Waals surface area contributed by atoms with Crippen molar-refractivity contribution in [3.8, 4) is 6.07 Å². The molecule has 0 radical (unpaired) electrons. The second-order valence-corrected chi connectivity index (χ2v) is 4.07. The molecule has 0 aromatic rings. The maximum absolute atomic E-state index is 11.5. The number of carbonyl (C=O) groups is 1. The third-order valence-corrected chi connectivity index (χ3v) is 1.36. The largest absolute Gasteiger partial charge is 0.386 e. The molecule has 0 saturated carbocycles. The first-order chi connectivity index (χ1) is 6.90. The van der Waals surface area contributed by atoms with E-state index in [0.717, 1.165) is 0 Å². The van der Waals surface area contributed by atoms with Gasteiger partial charge < -0.3 is 10.6 Å². The monoisotopic (exact) mass is 207 g/mol. The van der Waals surface area contributed by atoms with Gasteiger partial charge in [-0.15, -0.1) is 6.58 Å². The lowest BCUT2D eigenvalue weighted by Crippen LogP contribution is -2.41. The minimum Gasteiger partial charge on any atom is -0.386 e. The third-order valence-electron chi connectivity index (χ3n) is 1.36. The van der Waals surface area contributed by atoms with Crippen LogP contribution in [0.5, 0.6) is 0 Å². The molecular weight excluding hydrogens is 190 g/mol. The van der Waals surface area contributed by atoms with Crippen LogP contribution in [0.4, 0.5) is 0 Å². The lowest BCUT2D eigenvalue weighted by atomic mass is 10.1. The zero-order valence-electron chi connectivity index (χ0n) is 9.42. The second kappa shape index (κ2) is 5.86. The Balaban J connectivity index is 4.43. The molecule has 0 saturated heterocycles. The topological polar surface area (TPSA) is 64.9 Å². The van der Waals surface area contributed by atoms with Gasteiger partial charge in [-0.25, -0.2) is 0 Å². The first kappa shape index (κ1) is 13.2. The third kappa shape index (κ3) is 6.33. The fourth-order valence-electron chi connectivity index (χ4n) is 0.801. The molecular formula is C11H17N3O. The Labute approximate surface area is 90.7 Å². The van der Waals surface area contributed by atoms with Gasteiger partial charge in [0.15, 0.2) is 0 Å². The Morgan fingerprint density at radius 2 is 2.13 bits per heavy atom. The van der Waals surface area contributed by atoms with Crippen LogP contribution in [0.2, 0.25) is 0 Å². The Kier molecular flexibility index (Phi) is 5.18. The Morgan fingerprint density at radius 3 is 2.53 bits per heavy atom. The van der Waals surface area contributed by atoms with Crippen molar-refractivity contribution in [1.82, 2.24) is 10.6 Å². The molecule has 0 aliphatic rings. The highest BCUT2D eigenvalue weighted by Crippen LogP contribution is 2.01. The van der Waals surface area contributed by atoms with Gasteiger partial charge in [0.2, 0.25) is 0 Å². The van der Waals surface area contributed by atoms with Crippen LogP contribution in [0.3, 0.4) is 0 Å². The van der Waals surface area contributed by atoms with Crippen LogP contribution in [0.1, 0.15) is 20.8 Å². The van der Waals surface area contributed by atoms with Crippen LogP contribution in [0.15, 0.2) is 24.4 Å². The van der Waals surface area contributed by atoms with Gasteiger partial charge in [-0.2, -0.15) is 5.26 Å². The summed E-state index contributed by atoms with van der Waals surface area (Å²) in [6.45, 7) is 9.61. The summed E-state index contributed by atoms with van der Waals surface area (Å²) in [6.07, 6.45) is 3.04. The molecule has 0 rings (SSSR count). The number of rotatable bonds is 4. The highest BCUT2D eigenvalue weighted by atomic mass is 16.1. The summed E-state index contributed by atoms with van der Waals surface area (Å²) in [4.78, 5) is 11.5. The molecule has 0 atom stereocenters. The smallest absolute Gasteiger partial charge is 0.263 e. The average Bonchev–Trinajstić information content (AvgIpc) is 2.09. The molecule has 82 valence electrons. The molecule has 4 nitrogen and oxygen atoms in total. The van der Waals surface area contributed by atoms with E-state index in [0.29, 0.717) is 6.54 Å². The number of hydrogen-bond acceptors (Lipinski definition) is 3. The quantitative estimate of drug-likeness (QED) is 0.314. The van der Waals surface area contributed by atoms with E-state index in [4.69, 9.17) is 5.26 Å². The van der Waals surface area contributed by atoms with E-state index >= 15 is 0 Å². The summed E-state index contributed by atoms with van der Waals surface area (Å²) < 4.78 is 0. The zero-order valence-corrected chi connectivity index (χ0v) is 9.42. The lowest BCUT2D eigenvalue weighted by molar-refractivity contribution is -0.118. The molecule has 0 spiro atoms. The second-order valence-electron chi connectivity index (χ2n) is 4.07. The number of nitrogens with zero attached hydrogens (tertiary/aromatic N) is 1. The van der Waals surface area contributed by atoms with Gasteiger partial charge in [0, 0.05) is 18.3 Å². The summed E-state index contributed by atoms with van der Waals surface area (Å²) in [5, 5.41) is 14.2. The molecule has 0 aliphatic carbocycles. The molecule has 0 unspecified atom stereocenters. The van der Waals surface area contributed by atoms with Crippen LogP contribution >= 0.6 is 0 Å². The average molecular weight is 207 g/mol. The van der Waals surface area contributed by atoms with Crippen molar-refractivity contribution < 1.29 is 4.79 Å². The van der Waals surface area contributed by atoms with Gasteiger partial charge in [-0.1, -0.05) is 6.08 Å². The number of amides is 1. The van der Waals surface area contributed by atoms with E-state index in [1.807, 2.05) is 26.8 Å².